The second kappa shape index (κ2) is 8.35. The van der Waals surface area contributed by atoms with Crippen molar-refractivity contribution in [3.63, 3.8) is 0 Å². The average molecular weight is 400 g/mol. The predicted molar refractivity (Wildman–Crippen MR) is 109 cm³/mol. The number of carboxylic acids is 1. The smallest absolute Gasteiger partial charge is 0.408 e. The van der Waals surface area contributed by atoms with E-state index in [2.05, 4.69) is 39.2 Å². The van der Waals surface area contributed by atoms with Crippen LogP contribution < -0.4 is 5.32 Å². The van der Waals surface area contributed by atoms with Crippen molar-refractivity contribution in [3.8, 4) is 0 Å². The highest BCUT2D eigenvalue weighted by Gasteiger charge is 2.41. The topological polar surface area (TPSA) is 84.9 Å². The maximum Gasteiger partial charge on any atom is 0.408 e. The molecule has 6 nitrogen and oxygen atoms in total. The maximum atomic E-state index is 12.0. The van der Waals surface area contributed by atoms with Gasteiger partial charge in [0.1, 0.15) is 11.6 Å². The number of nitrogens with one attached hydrogen (secondary N) is 1. The Kier molecular flexibility index (Phi) is 7.33. The summed E-state index contributed by atoms with van der Waals surface area (Å²) in [5.41, 5.74) is 0.264. The van der Waals surface area contributed by atoms with E-state index >= 15 is 0 Å². The lowest BCUT2D eigenvalue weighted by Gasteiger charge is -2.41. The summed E-state index contributed by atoms with van der Waals surface area (Å²) in [4.78, 5) is 23.8. The molecule has 156 valence electrons. The molecule has 0 fully saturated rings. The number of carbonyl (C=O) groups is 2. The molecule has 1 rings (SSSR count). The molecule has 0 aliphatic heterocycles. The van der Waals surface area contributed by atoms with E-state index in [0.717, 1.165) is 12.0 Å². The Bertz CT molecular complexity index is 586. The molecule has 0 aromatic carbocycles. The van der Waals surface area contributed by atoms with Crippen molar-refractivity contribution in [2.24, 2.45) is 5.92 Å². The van der Waals surface area contributed by atoms with Crippen LogP contribution in [0.3, 0.4) is 0 Å². The number of carboxylic acid groups (broad SMARTS) is 1. The Hall–Kier alpha value is -1.34. The van der Waals surface area contributed by atoms with E-state index in [0.29, 0.717) is 6.42 Å². The summed E-state index contributed by atoms with van der Waals surface area (Å²) in [7, 11) is -1.90. The predicted octanol–water partition coefficient (Wildman–Crippen LogP) is 4.71. The van der Waals surface area contributed by atoms with Crippen molar-refractivity contribution < 1.29 is 23.9 Å². The zero-order chi connectivity index (χ0) is 21.2. The molecule has 1 aliphatic rings. The first kappa shape index (κ1) is 23.7. The molecule has 0 aromatic heterocycles. The molecule has 3 atom stereocenters. The van der Waals surface area contributed by atoms with Gasteiger partial charge in [0.25, 0.3) is 0 Å². The highest BCUT2D eigenvalue weighted by molar-refractivity contribution is 6.74. The molecule has 1 aliphatic carbocycles. The molecule has 0 radical (unpaired) electrons. The fraction of sp³-hybridized carbons (Fsp3) is 0.800. The lowest BCUT2D eigenvalue weighted by molar-refractivity contribution is -0.140. The number of rotatable bonds is 5. The number of aliphatic carboxylic acids is 1. The van der Waals surface area contributed by atoms with Crippen LogP contribution in [0.25, 0.3) is 0 Å². The maximum absolute atomic E-state index is 12.0. The molecule has 7 heteroatoms. The Morgan fingerprint density at radius 2 is 1.74 bits per heavy atom. The van der Waals surface area contributed by atoms with Gasteiger partial charge < -0.3 is 19.6 Å². The van der Waals surface area contributed by atoms with E-state index in [1.807, 2.05) is 13.0 Å². The third kappa shape index (κ3) is 6.96. The van der Waals surface area contributed by atoms with Crippen molar-refractivity contribution in [1.82, 2.24) is 5.32 Å². The first-order chi connectivity index (χ1) is 12.0. The molecule has 1 amide bonds. The van der Waals surface area contributed by atoms with Crippen LogP contribution in [0.1, 0.15) is 61.3 Å². The van der Waals surface area contributed by atoms with E-state index in [-0.39, 0.29) is 17.1 Å². The average Bonchev–Trinajstić information content (AvgIpc) is 2.41. The van der Waals surface area contributed by atoms with E-state index < -0.39 is 32.0 Å². The number of carbonyl (C=O) groups excluding carboxylic acids is 1. The Morgan fingerprint density at radius 3 is 2.15 bits per heavy atom. The fourth-order valence-corrected chi connectivity index (χ4v) is 4.21. The highest BCUT2D eigenvalue weighted by atomic mass is 28.4. The van der Waals surface area contributed by atoms with Gasteiger partial charge in [-0.1, -0.05) is 32.4 Å². The van der Waals surface area contributed by atoms with E-state index in [1.165, 1.54) is 0 Å². The highest BCUT2D eigenvalue weighted by Crippen LogP contribution is 2.39. The van der Waals surface area contributed by atoms with Gasteiger partial charge in [-0.3, -0.25) is 0 Å². The minimum atomic E-state index is -1.90. The number of hydrogen-bond donors (Lipinski definition) is 2. The monoisotopic (exact) mass is 399 g/mol. The van der Waals surface area contributed by atoms with Gasteiger partial charge in [0, 0.05) is 5.92 Å². The second-order valence-electron chi connectivity index (χ2n) is 9.97. The lowest BCUT2D eigenvalue weighted by Crippen LogP contribution is -2.49. The van der Waals surface area contributed by atoms with Crippen molar-refractivity contribution in [2.45, 2.75) is 97.2 Å². The van der Waals surface area contributed by atoms with Gasteiger partial charge in [0.05, 0.1) is 6.10 Å². The Morgan fingerprint density at radius 1 is 1.19 bits per heavy atom. The summed E-state index contributed by atoms with van der Waals surface area (Å²) in [6.45, 7) is 18.2. The minimum Gasteiger partial charge on any atom is -0.480 e. The molecule has 0 bridgehead atoms. The Labute approximate surface area is 164 Å². The number of alkyl carbamates (subject to hydrolysis) is 1. The van der Waals surface area contributed by atoms with Gasteiger partial charge >= 0.3 is 12.1 Å². The van der Waals surface area contributed by atoms with Crippen molar-refractivity contribution in [1.29, 1.82) is 0 Å². The zero-order valence-corrected chi connectivity index (χ0v) is 19.3. The van der Waals surface area contributed by atoms with Crippen molar-refractivity contribution in [2.75, 3.05) is 0 Å². The van der Waals surface area contributed by atoms with Gasteiger partial charge in [0.15, 0.2) is 8.32 Å². The van der Waals surface area contributed by atoms with Crippen LogP contribution in [0, 0.1) is 5.92 Å². The van der Waals surface area contributed by atoms with E-state index in [1.54, 1.807) is 20.8 Å². The Balaban J connectivity index is 2.88. The van der Waals surface area contributed by atoms with Crippen molar-refractivity contribution >= 4 is 20.4 Å². The quantitative estimate of drug-likeness (QED) is 0.516. The SMILES string of the molecule is CC1=C[C@@H](O[Si](C)(C)C(C)(C)C)CC[C@H]1[C@@H](NC(=O)OC(C)(C)C)C(=O)O. The molecule has 0 saturated carbocycles. The molecule has 0 saturated heterocycles. The molecule has 0 unspecified atom stereocenters. The van der Waals surface area contributed by atoms with E-state index in [9.17, 15) is 14.7 Å². The summed E-state index contributed by atoms with van der Waals surface area (Å²) in [5, 5.41) is 12.3. The summed E-state index contributed by atoms with van der Waals surface area (Å²) in [5.74, 6) is -1.32. The molecule has 0 aromatic rings. The summed E-state index contributed by atoms with van der Waals surface area (Å²) in [6, 6.07) is -1.01. The molecular formula is C20H37NO5Si. The zero-order valence-electron chi connectivity index (χ0n) is 18.3. The van der Waals surface area contributed by atoms with Crippen LogP contribution in [0.2, 0.25) is 18.1 Å². The van der Waals surface area contributed by atoms with Crippen LogP contribution in [-0.2, 0) is 14.0 Å². The molecule has 0 spiro atoms. The number of ether oxygens (including phenoxy) is 1. The van der Waals surface area contributed by atoms with Gasteiger partial charge in [-0.05, 0) is 58.7 Å². The third-order valence-electron chi connectivity index (χ3n) is 5.39. The normalized spacial score (nSPS) is 22.6. The third-order valence-corrected chi connectivity index (χ3v) is 9.89. The first-order valence-corrected chi connectivity index (χ1v) is 12.5. The van der Waals surface area contributed by atoms with Gasteiger partial charge in [-0.2, -0.15) is 0 Å². The molecule has 2 N–H and O–H groups in total. The fourth-order valence-electron chi connectivity index (χ4n) is 2.92. The van der Waals surface area contributed by atoms with Crippen LogP contribution in [-0.4, -0.2) is 43.2 Å². The van der Waals surface area contributed by atoms with Gasteiger partial charge in [-0.15, -0.1) is 0 Å². The van der Waals surface area contributed by atoms with E-state index in [4.69, 9.17) is 9.16 Å². The molecule has 27 heavy (non-hydrogen) atoms. The number of amides is 1. The first-order valence-electron chi connectivity index (χ1n) is 9.62. The van der Waals surface area contributed by atoms with Crippen LogP contribution in [0.5, 0.6) is 0 Å². The van der Waals surface area contributed by atoms with Gasteiger partial charge in [0.2, 0.25) is 0 Å². The number of hydrogen-bond acceptors (Lipinski definition) is 4. The summed E-state index contributed by atoms with van der Waals surface area (Å²) >= 11 is 0. The van der Waals surface area contributed by atoms with Crippen LogP contribution in [0.4, 0.5) is 4.79 Å². The largest absolute Gasteiger partial charge is 0.480 e. The van der Waals surface area contributed by atoms with Crippen LogP contribution >= 0.6 is 0 Å². The molecular weight excluding hydrogens is 362 g/mol. The summed E-state index contributed by atoms with van der Waals surface area (Å²) < 4.78 is 11.7. The second-order valence-corrected chi connectivity index (χ2v) is 14.7. The lowest BCUT2D eigenvalue weighted by atomic mass is 9.82. The van der Waals surface area contributed by atoms with Crippen LogP contribution in [0.15, 0.2) is 11.6 Å². The minimum absolute atomic E-state index is 0.00175. The standard InChI is InChI=1S/C20H37NO5Si/c1-13-12-14(26-27(8,9)20(5,6)7)10-11-15(13)16(17(22)23)21-18(24)25-19(2,3)4/h12,14-16H,10-11H2,1-9H3,(H,21,24)(H,22,23)/t14-,15+,16+/m0/s1. The summed E-state index contributed by atoms with van der Waals surface area (Å²) in [6.07, 6.45) is 2.71. The van der Waals surface area contributed by atoms with Crippen molar-refractivity contribution in [3.05, 3.63) is 11.6 Å². The molecule has 0 heterocycles. The van der Waals surface area contributed by atoms with Gasteiger partial charge in [-0.25, -0.2) is 9.59 Å².